The number of benzene rings is 3. The number of H-pyrrole nitrogens is 1. The molecule has 3 aromatic heterocycles. The number of nitrogens with two attached hydrogens (primary N) is 1. The van der Waals surface area contributed by atoms with Crippen molar-refractivity contribution < 1.29 is 27.2 Å². The van der Waals surface area contributed by atoms with Crippen molar-refractivity contribution in [3.05, 3.63) is 102 Å². The number of alkyl halides is 3. The molecule has 14 heteroatoms. The monoisotopic (exact) mass is 588 g/mol. The average molecular weight is 589 g/mol. The van der Waals surface area contributed by atoms with E-state index in [1.54, 1.807) is 42.5 Å². The van der Waals surface area contributed by atoms with Crippen LogP contribution in [0.5, 0.6) is 0 Å². The van der Waals surface area contributed by atoms with Crippen LogP contribution >= 0.6 is 0 Å². The molecule has 6 aromatic rings. The fourth-order valence-corrected chi connectivity index (χ4v) is 4.64. The number of nitrogens with zero attached hydrogens (tertiary/aromatic N) is 4. The first kappa shape index (κ1) is 27.4. The van der Waals surface area contributed by atoms with Gasteiger partial charge in [0, 0.05) is 22.9 Å². The molecule has 0 fully saturated rings. The minimum Gasteiger partial charge on any atom is -0.382 e. The van der Waals surface area contributed by atoms with Gasteiger partial charge in [-0.15, -0.1) is 0 Å². The molecule has 0 saturated carbocycles. The Morgan fingerprint density at radius 3 is 2.53 bits per heavy atom. The first-order valence-corrected chi connectivity index (χ1v) is 12.7. The lowest BCUT2D eigenvalue weighted by molar-refractivity contribution is -0.123. The van der Waals surface area contributed by atoms with Gasteiger partial charge in [-0.1, -0.05) is 36.4 Å². The van der Waals surface area contributed by atoms with E-state index in [1.807, 2.05) is 11.4 Å². The van der Waals surface area contributed by atoms with Crippen molar-refractivity contribution >= 4 is 45.7 Å². The smallest absolute Gasteiger partial charge is 0.382 e. The second-order valence-electron chi connectivity index (χ2n) is 9.49. The van der Waals surface area contributed by atoms with Crippen molar-refractivity contribution in [3.8, 4) is 11.1 Å². The van der Waals surface area contributed by atoms with Crippen LogP contribution in [-0.4, -0.2) is 49.0 Å². The minimum atomic E-state index is -4.64. The molecular formula is C29H20F4N8O2. The Labute approximate surface area is 239 Å². The van der Waals surface area contributed by atoms with Gasteiger partial charge in [-0.3, -0.25) is 9.59 Å². The van der Waals surface area contributed by atoms with Crippen molar-refractivity contribution in [2.75, 3.05) is 17.6 Å². The highest BCUT2D eigenvalue weighted by molar-refractivity contribution is 6.10. The molecule has 0 aliphatic carbocycles. The molecule has 0 unspecified atom stereocenters. The van der Waals surface area contributed by atoms with Crippen molar-refractivity contribution in [2.45, 2.75) is 6.18 Å². The number of amides is 1. The van der Waals surface area contributed by atoms with Crippen LogP contribution in [0.25, 0.3) is 27.7 Å². The number of aromatic nitrogens is 5. The Balaban J connectivity index is 1.30. The maximum absolute atomic E-state index is 15.4. The molecule has 0 bridgehead atoms. The molecule has 5 N–H and O–H groups in total. The first-order chi connectivity index (χ1) is 20.6. The van der Waals surface area contributed by atoms with Crippen LogP contribution < -0.4 is 16.4 Å². The maximum atomic E-state index is 15.4. The lowest BCUT2D eigenvalue weighted by Gasteiger charge is -2.11. The number of rotatable bonds is 7. The summed E-state index contributed by atoms with van der Waals surface area (Å²) in [6.45, 7) is -1.56. The number of nitrogen functional groups attached to an aromatic ring is 1. The van der Waals surface area contributed by atoms with Gasteiger partial charge in [0.05, 0.1) is 22.3 Å². The summed E-state index contributed by atoms with van der Waals surface area (Å²) < 4.78 is 54.9. The highest BCUT2D eigenvalue weighted by Gasteiger charge is 2.30. The number of hydrogen-bond acceptors (Lipinski definition) is 7. The number of anilines is 3. The Morgan fingerprint density at radius 2 is 1.79 bits per heavy atom. The summed E-state index contributed by atoms with van der Waals surface area (Å²) in [6.07, 6.45) is -2.32. The summed E-state index contributed by atoms with van der Waals surface area (Å²) in [5.41, 5.74) is 8.19. The van der Waals surface area contributed by atoms with E-state index in [-0.39, 0.29) is 45.4 Å². The third-order valence-corrected chi connectivity index (χ3v) is 6.59. The lowest BCUT2D eigenvalue weighted by Crippen LogP contribution is -2.33. The first-order valence-electron chi connectivity index (χ1n) is 12.7. The topological polar surface area (TPSA) is 143 Å². The fraction of sp³-hybridized carbons (Fsp3) is 0.0690. The predicted octanol–water partition coefficient (Wildman–Crippen LogP) is 5.26. The maximum Gasteiger partial charge on any atom is 0.405 e. The molecule has 10 nitrogen and oxygen atoms in total. The molecule has 3 aromatic carbocycles. The summed E-state index contributed by atoms with van der Waals surface area (Å²) in [5.74, 6) is -1.83. The van der Waals surface area contributed by atoms with E-state index < -0.39 is 24.4 Å². The van der Waals surface area contributed by atoms with Crippen LogP contribution in [0.1, 0.15) is 26.3 Å². The van der Waals surface area contributed by atoms with E-state index in [0.29, 0.717) is 22.2 Å². The molecule has 0 radical (unpaired) electrons. The predicted molar refractivity (Wildman–Crippen MR) is 150 cm³/mol. The summed E-state index contributed by atoms with van der Waals surface area (Å²) in [6, 6.07) is 17.7. The van der Waals surface area contributed by atoms with Gasteiger partial charge in [-0.2, -0.15) is 18.3 Å². The van der Waals surface area contributed by atoms with Crippen LogP contribution in [-0.2, 0) is 0 Å². The SMILES string of the molecule is Nc1ncnn2cc(C(=O)NCC(F)(F)F)c(-c3ccc(Nc4nc5cc(C(=O)c6ccccc6)ccc5[nH]4)c(F)c3)c12. The van der Waals surface area contributed by atoms with Gasteiger partial charge in [0.25, 0.3) is 5.91 Å². The Morgan fingerprint density at radius 1 is 1.00 bits per heavy atom. The van der Waals surface area contributed by atoms with Crippen LogP contribution in [0.3, 0.4) is 0 Å². The molecule has 43 heavy (non-hydrogen) atoms. The molecule has 216 valence electrons. The van der Waals surface area contributed by atoms with Gasteiger partial charge < -0.3 is 21.4 Å². The molecule has 0 aliphatic heterocycles. The summed E-state index contributed by atoms with van der Waals surface area (Å²) >= 11 is 0. The highest BCUT2D eigenvalue weighted by Crippen LogP contribution is 2.35. The highest BCUT2D eigenvalue weighted by atomic mass is 19.4. The fourth-order valence-electron chi connectivity index (χ4n) is 4.64. The van der Waals surface area contributed by atoms with E-state index in [9.17, 15) is 22.8 Å². The average Bonchev–Trinajstić information content (AvgIpc) is 3.58. The number of hydrogen-bond donors (Lipinski definition) is 4. The summed E-state index contributed by atoms with van der Waals surface area (Å²) in [7, 11) is 0. The number of nitrogens with one attached hydrogen (secondary N) is 3. The quantitative estimate of drug-likeness (QED) is 0.147. The van der Waals surface area contributed by atoms with E-state index >= 15 is 4.39 Å². The van der Waals surface area contributed by atoms with Crippen molar-refractivity contribution in [1.82, 2.24) is 29.9 Å². The number of aromatic amines is 1. The van der Waals surface area contributed by atoms with E-state index in [1.165, 1.54) is 22.8 Å². The molecular weight excluding hydrogens is 568 g/mol. The Kier molecular flexibility index (Phi) is 6.72. The van der Waals surface area contributed by atoms with Crippen LogP contribution in [0.4, 0.5) is 35.0 Å². The second kappa shape index (κ2) is 10.6. The normalized spacial score (nSPS) is 11.6. The Bertz CT molecular complexity index is 2020. The second-order valence-corrected chi connectivity index (χ2v) is 9.49. The zero-order chi connectivity index (χ0) is 30.3. The number of carbonyl (C=O) groups is 2. The van der Waals surface area contributed by atoms with Gasteiger partial charge in [-0.05, 0) is 35.9 Å². The van der Waals surface area contributed by atoms with Gasteiger partial charge in [0.1, 0.15) is 24.2 Å². The Hall–Kier alpha value is -5.79. The molecule has 0 spiro atoms. The number of imidazole rings is 1. The van der Waals surface area contributed by atoms with Gasteiger partial charge in [-0.25, -0.2) is 18.9 Å². The molecule has 0 aliphatic rings. The van der Waals surface area contributed by atoms with Crippen molar-refractivity contribution in [1.29, 1.82) is 0 Å². The van der Waals surface area contributed by atoms with Crippen molar-refractivity contribution in [2.24, 2.45) is 0 Å². The third-order valence-electron chi connectivity index (χ3n) is 6.59. The lowest BCUT2D eigenvalue weighted by atomic mass is 10.0. The molecule has 0 saturated heterocycles. The summed E-state index contributed by atoms with van der Waals surface area (Å²) in [5, 5.41) is 8.64. The van der Waals surface area contributed by atoms with Crippen molar-refractivity contribution in [3.63, 3.8) is 0 Å². The number of carbonyl (C=O) groups excluding carboxylic acids is 2. The summed E-state index contributed by atoms with van der Waals surface area (Å²) in [4.78, 5) is 36.9. The number of halogens is 4. The zero-order valence-electron chi connectivity index (χ0n) is 21.9. The largest absolute Gasteiger partial charge is 0.405 e. The number of ketones is 1. The number of fused-ring (bicyclic) bond motifs is 2. The van der Waals surface area contributed by atoms with E-state index in [4.69, 9.17) is 5.73 Å². The zero-order valence-corrected chi connectivity index (χ0v) is 21.9. The molecule has 6 rings (SSSR count). The van der Waals surface area contributed by atoms with E-state index in [2.05, 4.69) is 25.4 Å². The molecule has 0 atom stereocenters. The van der Waals surface area contributed by atoms with Crippen LogP contribution in [0.2, 0.25) is 0 Å². The van der Waals surface area contributed by atoms with Crippen LogP contribution in [0, 0.1) is 5.82 Å². The standard InChI is InChI=1S/C29H20F4N8O2/c30-19-10-16(23-18(27(43)35-13-29(31,32)33)12-41-24(23)26(34)36-14-37-41)6-8-20(19)38-28-39-21-9-7-17(11-22(21)40-28)25(42)15-4-2-1-3-5-15/h1-12,14H,13H2,(H,35,43)(H2,34,36,37)(H2,38,39,40). The minimum absolute atomic E-state index is 0.0131. The molecule has 1 amide bonds. The third kappa shape index (κ3) is 5.45. The molecule has 3 heterocycles. The van der Waals surface area contributed by atoms with Crippen LogP contribution in [0.15, 0.2) is 79.3 Å². The van der Waals surface area contributed by atoms with Gasteiger partial charge in [0.2, 0.25) is 5.95 Å². The van der Waals surface area contributed by atoms with Gasteiger partial charge >= 0.3 is 6.18 Å². The van der Waals surface area contributed by atoms with E-state index in [0.717, 1.165) is 12.4 Å². The van der Waals surface area contributed by atoms with Gasteiger partial charge in [0.15, 0.2) is 11.6 Å².